The first-order chi connectivity index (χ1) is 14.5. The SMILES string of the molecule is COc1ccc(C2(CNC(=O)c3cc(C(C)C)nc4oncc34)CCOCC2)cc1. The van der Waals surface area contributed by atoms with E-state index in [0.717, 1.165) is 24.3 Å². The van der Waals surface area contributed by atoms with E-state index in [9.17, 15) is 4.79 Å². The third-order valence-corrected chi connectivity index (χ3v) is 5.94. The van der Waals surface area contributed by atoms with Gasteiger partial charge in [0.25, 0.3) is 11.6 Å². The largest absolute Gasteiger partial charge is 0.497 e. The molecule has 30 heavy (non-hydrogen) atoms. The summed E-state index contributed by atoms with van der Waals surface area (Å²) in [6.07, 6.45) is 3.24. The van der Waals surface area contributed by atoms with Crippen LogP contribution in [0, 0.1) is 0 Å². The number of aromatic nitrogens is 2. The third-order valence-electron chi connectivity index (χ3n) is 5.94. The van der Waals surface area contributed by atoms with Crippen LogP contribution in [0.1, 0.15) is 54.2 Å². The van der Waals surface area contributed by atoms with Crippen LogP contribution in [0.3, 0.4) is 0 Å². The molecule has 3 aromatic rings. The van der Waals surface area contributed by atoms with Gasteiger partial charge in [0.05, 0.1) is 24.3 Å². The molecule has 0 aliphatic carbocycles. The standard InChI is InChI=1S/C23H27N3O4/c1-15(2)20-12-18(19-13-25-30-22(19)26-20)21(27)24-14-23(8-10-29-11-9-23)16-4-6-17(28-3)7-5-16/h4-7,12-13,15H,8-11,14H2,1-3H3,(H,24,27). The summed E-state index contributed by atoms with van der Waals surface area (Å²) in [4.78, 5) is 17.7. The fraction of sp³-hybridized carbons (Fsp3) is 0.435. The maximum atomic E-state index is 13.2. The molecule has 0 unspecified atom stereocenters. The molecule has 1 N–H and O–H groups in total. The van der Waals surface area contributed by atoms with Crippen molar-refractivity contribution < 1.29 is 18.8 Å². The summed E-state index contributed by atoms with van der Waals surface area (Å²) in [5.74, 6) is 0.844. The number of benzene rings is 1. The van der Waals surface area contributed by atoms with E-state index in [-0.39, 0.29) is 17.2 Å². The maximum absolute atomic E-state index is 13.2. The Balaban J connectivity index is 1.60. The van der Waals surface area contributed by atoms with Crippen LogP contribution in [0.5, 0.6) is 5.75 Å². The van der Waals surface area contributed by atoms with E-state index in [2.05, 4.69) is 27.6 Å². The summed E-state index contributed by atoms with van der Waals surface area (Å²) >= 11 is 0. The predicted molar refractivity (Wildman–Crippen MR) is 113 cm³/mol. The second-order valence-electron chi connectivity index (χ2n) is 8.10. The summed E-state index contributed by atoms with van der Waals surface area (Å²) in [6.45, 7) is 5.93. The Morgan fingerprint density at radius 2 is 1.97 bits per heavy atom. The van der Waals surface area contributed by atoms with Gasteiger partial charge in [0.2, 0.25) is 0 Å². The van der Waals surface area contributed by atoms with E-state index in [4.69, 9.17) is 14.0 Å². The number of carbonyl (C=O) groups is 1. The average molecular weight is 409 g/mol. The van der Waals surface area contributed by atoms with Crippen LogP contribution in [-0.2, 0) is 10.2 Å². The van der Waals surface area contributed by atoms with Crippen molar-refractivity contribution in [2.75, 3.05) is 26.9 Å². The van der Waals surface area contributed by atoms with Gasteiger partial charge in [-0.25, -0.2) is 4.98 Å². The topological polar surface area (TPSA) is 86.5 Å². The van der Waals surface area contributed by atoms with Crippen LogP contribution in [0.15, 0.2) is 41.1 Å². The normalized spacial score (nSPS) is 16.0. The number of nitrogens with zero attached hydrogens (tertiary/aromatic N) is 2. The number of rotatable bonds is 6. The predicted octanol–water partition coefficient (Wildman–Crippen LogP) is 3.83. The molecule has 0 atom stereocenters. The van der Waals surface area contributed by atoms with Gasteiger partial charge < -0.3 is 19.3 Å². The minimum absolute atomic E-state index is 0.146. The summed E-state index contributed by atoms with van der Waals surface area (Å²) in [7, 11) is 1.66. The fourth-order valence-corrected chi connectivity index (χ4v) is 3.98. The molecule has 1 amide bonds. The second kappa shape index (κ2) is 8.44. The van der Waals surface area contributed by atoms with Crippen LogP contribution >= 0.6 is 0 Å². The highest BCUT2D eigenvalue weighted by Crippen LogP contribution is 2.35. The van der Waals surface area contributed by atoms with Crippen LogP contribution < -0.4 is 10.1 Å². The van der Waals surface area contributed by atoms with E-state index in [0.29, 0.717) is 36.4 Å². The Bertz CT molecular complexity index is 1020. The lowest BCUT2D eigenvalue weighted by Crippen LogP contribution is -2.44. The van der Waals surface area contributed by atoms with Crippen molar-refractivity contribution in [1.29, 1.82) is 0 Å². The van der Waals surface area contributed by atoms with E-state index in [1.54, 1.807) is 13.3 Å². The lowest BCUT2D eigenvalue weighted by atomic mass is 9.74. The third kappa shape index (κ3) is 3.89. The number of pyridine rings is 1. The van der Waals surface area contributed by atoms with Crippen molar-refractivity contribution in [3.63, 3.8) is 0 Å². The van der Waals surface area contributed by atoms with E-state index in [1.165, 1.54) is 5.56 Å². The van der Waals surface area contributed by atoms with Gasteiger partial charge in [-0.3, -0.25) is 4.79 Å². The van der Waals surface area contributed by atoms with Crippen molar-refractivity contribution in [1.82, 2.24) is 15.5 Å². The first-order valence-electron chi connectivity index (χ1n) is 10.3. The number of hydrogen-bond donors (Lipinski definition) is 1. The summed E-state index contributed by atoms with van der Waals surface area (Å²) in [5, 5.41) is 7.62. The Hall–Kier alpha value is -2.93. The summed E-state index contributed by atoms with van der Waals surface area (Å²) in [6, 6.07) is 9.93. The van der Waals surface area contributed by atoms with Gasteiger partial charge in [0.15, 0.2) is 0 Å². The molecule has 0 bridgehead atoms. The number of ether oxygens (including phenoxy) is 2. The highest BCUT2D eigenvalue weighted by Gasteiger charge is 2.35. The molecule has 4 rings (SSSR count). The quantitative estimate of drug-likeness (QED) is 0.666. The number of hydrogen-bond acceptors (Lipinski definition) is 6. The van der Waals surface area contributed by atoms with Gasteiger partial charge in [0, 0.05) is 30.9 Å². The van der Waals surface area contributed by atoms with Crippen LogP contribution in [0.25, 0.3) is 11.1 Å². The molecule has 7 nitrogen and oxygen atoms in total. The molecular formula is C23H27N3O4. The molecule has 3 heterocycles. The smallest absolute Gasteiger partial charge is 0.258 e. The molecule has 1 aromatic carbocycles. The van der Waals surface area contributed by atoms with Crippen LogP contribution in [-0.4, -0.2) is 42.9 Å². The molecule has 1 aliphatic heterocycles. The first-order valence-corrected chi connectivity index (χ1v) is 10.3. The number of nitrogens with one attached hydrogen (secondary N) is 1. The van der Waals surface area contributed by atoms with Crippen LogP contribution in [0.2, 0.25) is 0 Å². The molecule has 0 saturated carbocycles. The van der Waals surface area contributed by atoms with E-state index in [1.807, 2.05) is 32.0 Å². The Morgan fingerprint density at radius 3 is 2.63 bits per heavy atom. The summed E-state index contributed by atoms with van der Waals surface area (Å²) < 4.78 is 16.1. The molecular weight excluding hydrogens is 382 g/mol. The Kier molecular flexibility index (Phi) is 5.72. The number of methoxy groups -OCH3 is 1. The monoisotopic (exact) mass is 409 g/mol. The van der Waals surface area contributed by atoms with Crippen molar-refractivity contribution in [2.45, 2.75) is 38.0 Å². The highest BCUT2D eigenvalue weighted by molar-refractivity contribution is 6.05. The second-order valence-corrected chi connectivity index (χ2v) is 8.10. The van der Waals surface area contributed by atoms with Gasteiger partial charge in [-0.05, 0) is 42.5 Å². The van der Waals surface area contributed by atoms with Crippen molar-refractivity contribution in [3.8, 4) is 5.75 Å². The molecule has 1 fully saturated rings. The Labute approximate surface area is 175 Å². The Morgan fingerprint density at radius 1 is 1.23 bits per heavy atom. The van der Waals surface area contributed by atoms with E-state index < -0.39 is 0 Å². The number of amides is 1. The van der Waals surface area contributed by atoms with Gasteiger partial charge in [-0.15, -0.1) is 0 Å². The lowest BCUT2D eigenvalue weighted by molar-refractivity contribution is 0.0487. The van der Waals surface area contributed by atoms with Gasteiger partial charge in [0.1, 0.15) is 5.75 Å². The minimum Gasteiger partial charge on any atom is -0.497 e. The fourth-order valence-electron chi connectivity index (χ4n) is 3.98. The molecule has 1 saturated heterocycles. The van der Waals surface area contributed by atoms with Crippen molar-refractivity contribution >= 4 is 17.0 Å². The lowest BCUT2D eigenvalue weighted by Gasteiger charge is -2.38. The van der Waals surface area contributed by atoms with Crippen molar-refractivity contribution in [2.24, 2.45) is 0 Å². The molecule has 0 spiro atoms. The maximum Gasteiger partial charge on any atom is 0.258 e. The molecule has 158 valence electrons. The number of fused-ring (bicyclic) bond motifs is 1. The van der Waals surface area contributed by atoms with Gasteiger partial charge in [-0.2, -0.15) is 0 Å². The first kappa shape index (κ1) is 20.3. The molecule has 1 aliphatic rings. The minimum atomic E-state index is -0.179. The molecule has 2 aromatic heterocycles. The average Bonchev–Trinajstić information content (AvgIpc) is 3.26. The van der Waals surface area contributed by atoms with Crippen LogP contribution in [0.4, 0.5) is 0 Å². The zero-order valence-electron chi connectivity index (χ0n) is 17.6. The summed E-state index contributed by atoms with van der Waals surface area (Å²) in [5.41, 5.74) is 2.74. The van der Waals surface area contributed by atoms with Gasteiger partial charge in [-0.1, -0.05) is 31.1 Å². The van der Waals surface area contributed by atoms with Gasteiger partial charge >= 0.3 is 0 Å². The molecule has 7 heteroatoms. The van der Waals surface area contributed by atoms with E-state index >= 15 is 0 Å². The number of carbonyl (C=O) groups excluding carboxylic acids is 1. The zero-order chi connectivity index (χ0) is 21.1. The highest BCUT2D eigenvalue weighted by atomic mass is 16.5. The van der Waals surface area contributed by atoms with Crippen molar-refractivity contribution in [3.05, 3.63) is 53.3 Å². The molecule has 0 radical (unpaired) electrons. The zero-order valence-corrected chi connectivity index (χ0v) is 17.6.